The number of nitrogens with one attached hydrogen (secondary N) is 1. The highest BCUT2D eigenvalue weighted by molar-refractivity contribution is 7.21. The fraction of sp³-hybridized carbons (Fsp3) is 0.393. The highest BCUT2D eigenvalue weighted by atomic mass is 32.1. The lowest BCUT2D eigenvalue weighted by Gasteiger charge is -2.34. The number of rotatable bonds is 9. The van der Waals surface area contributed by atoms with Crippen molar-refractivity contribution in [1.82, 2.24) is 9.88 Å². The molecule has 1 aliphatic heterocycles. The van der Waals surface area contributed by atoms with Crippen LogP contribution in [0.15, 0.2) is 48.7 Å². The minimum absolute atomic E-state index is 0.131. The number of thiophene rings is 1. The largest absolute Gasteiger partial charge is 0.382 e. The van der Waals surface area contributed by atoms with Gasteiger partial charge in [0.05, 0.1) is 4.88 Å². The molecule has 184 valence electrons. The summed E-state index contributed by atoms with van der Waals surface area (Å²) >= 11 is 1.53. The van der Waals surface area contributed by atoms with Crippen LogP contribution in [-0.4, -0.2) is 62.2 Å². The van der Waals surface area contributed by atoms with Gasteiger partial charge in [0.15, 0.2) is 0 Å². The number of hydrogen-bond donors (Lipinski definition) is 2. The van der Waals surface area contributed by atoms with Crippen molar-refractivity contribution in [2.45, 2.75) is 25.7 Å². The SMILES string of the molecule is CCOCCC(Cc1c[nH]c2ccccc12)c1c(C(N)=O)sc2cc(N3CCN(C)CC3)ccc12. The molecular weight excluding hydrogens is 456 g/mol. The van der Waals surface area contributed by atoms with Gasteiger partial charge >= 0.3 is 0 Å². The molecule has 1 unspecified atom stereocenters. The normalized spacial score (nSPS) is 15.8. The Balaban J connectivity index is 1.54. The highest BCUT2D eigenvalue weighted by Gasteiger charge is 2.26. The number of carbonyl (C=O) groups is 1. The molecule has 2 aromatic heterocycles. The molecule has 1 aliphatic rings. The van der Waals surface area contributed by atoms with Crippen molar-refractivity contribution < 1.29 is 9.53 Å². The van der Waals surface area contributed by atoms with E-state index in [9.17, 15) is 4.79 Å². The van der Waals surface area contributed by atoms with Crippen LogP contribution in [0, 0.1) is 0 Å². The zero-order valence-electron chi connectivity index (χ0n) is 20.5. The van der Waals surface area contributed by atoms with Crippen LogP contribution in [-0.2, 0) is 11.2 Å². The third-order valence-electron chi connectivity index (χ3n) is 7.17. The summed E-state index contributed by atoms with van der Waals surface area (Å²) in [6.07, 6.45) is 3.76. The van der Waals surface area contributed by atoms with Crippen molar-refractivity contribution >= 4 is 43.9 Å². The number of likely N-dealkylation sites (N-methyl/N-ethyl adjacent to an activating group) is 1. The van der Waals surface area contributed by atoms with E-state index in [4.69, 9.17) is 10.5 Å². The standard InChI is InChI=1S/C28H34N4O2S/c1-3-34-15-10-19(16-20-18-30-24-7-5-4-6-22(20)24)26-23-9-8-21(32-13-11-31(2)12-14-32)17-25(23)35-27(26)28(29)33/h4-9,17-19,30H,3,10-16H2,1-2H3,(H2,29,33). The Hall–Kier alpha value is -2.87. The number of aromatic nitrogens is 1. The average molecular weight is 491 g/mol. The number of piperazine rings is 1. The molecule has 1 amide bonds. The van der Waals surface area contributed by atoms with Gasteiger partial charge in [0, 0.05) is 66.9 Å². The molecule has 35 heavy (non-hydrogen) atoms. The smallest absolute Gasteiger partial charge is 0.259 e. The van der Waals surface area contributed by atoms with Crippen molar-refractivity contribution in [3.05, 3.63) is 64.7 Å². The Morgan fingerprint density at radius 1 is 1.14 bits per heavy atom. The second-order valence-corrected chi connectivity index (χ2v) is 10.5. The average Bonchev–Trinajstić information content (AvgIpc) is 3.45. The van der Waals surface area contributed by atoms with E-state index in [1.54, 1.807) is 0 Å². The van der Waals surface area contributed by atoms with Gasteiger partial charge in [-0.25, -0.2) is 0 Å². The molecule has 0 aliphatic carbocycles. The van der Waals surface area contributed by atoms with Crippen LogP contribution in [0.1, 0.15) is 40.1 Å². The van der Waals surface area contributed by atoms with Gasteiger partial charge in [-0.05, 0) is 67.4 Å². The second-order valence-electron chi connectivity index (χ2n) is 9.43. The first-order chi connectivity index (χ1) is 17.0. The number of H-pyrrole nitrogens is 1. The molecule has 0 spiro atoms. The highest BCUT2D eigenvalue weighted by Crippen LogP contribution is 2.41. The lowest BCUT2D eigenvalue weighted by atomic mass is 9.87. The van der Waals surface area contributed by atoms with Crippen LogP contribution in [0.5, 0.6) is 0 Å². The van der Waals surface area contributed by atoms with Crippen LogP contribution in [0.2, 0.25) is 0 Å². The lowest BCUT2D eigenvalue weighted by molar-refractivity contribution is 0.100. The maximum atomic E-state index is 12.6. The van der Waals surface area contributed by atoms with E-state index in [0.29, 0.717) is 18.1 Å². The molecule has 4 aromatic rings. The molecule has 7 heteroatoms. The molecule has 3 heterocycles. The van der Waals surface area contributed by atoms with Gasteiger partial charge in [-0.2, -0.15) is 0 Å². The number of amides is 1. The number of anilines is 1. The van der Waals surface area contributed by atoms with Crippen LogP contribution in [0.25, 0.3) is 21.0 Å². The fourth-order valence-corrected chi connectivity index (χ4v) is 6.41. The summed E-state index contributed by atoms with van der Waals surface area (Å²) < 4.78 is 6.89. The second kappa shape index (κ2) is 10.4. The molecule has 1 fully saturated rings. The first-order valence-corrected chi connectivity index (χ1v) is 13.3. The van der Waals surface area contributed by atoms with Crippen molar-refractivity contribution in [2.24, 2.45) is 5.73 Å². The maximum absolute atomic E-state index is 12.6. The predicted octanol–water partition coefficient (Wildman–Crippen LogP) is 4.99. The van der Waals surface area contributed by atoms with E-state index in [1.807, 2.05) is 13.0 Å². The Labute approximate surface area is 210 Å². The Bertz CT molecular complexity index is 1320. The first kappa shape index (κ1) is 23.9. The van der Waals surface area contributed by atoms with E-state index in [0.717, 1.165) is 60.2 Å². The Morgan fingerprint density at radius 2 is 1.94 bits per heavy atom. The van der Waals surface area contributed by atoms with E-state index in [1.165, 1.54) is 28.0 Å². The first-order valence-electron chi connectivity index (χ1n) is 12.5. The number of benzene rings is 2. The molecular formula is C28H34N4O2S. The van der Waals surface area contributed by atoms with Crippen molar-refractivity contribution in [2.75, 3.05) is 51.3 Å². The zero-order valence-corrected chi connectivity index (χ0v) is 21.4. The molecule has 3 N–H and O–H groups in total. The minimum atomic E-state index is -0.345. The number of para-hydroxylation sites is 1. The molecule has 1 atom stereocenters. The number of aromatic amines is 1. The van der Waals surface area contributed by atoms with Gasteiger partial charge < -0.3 is 25.3 Å². The predicted molar refractivity (Wildman–Crippen MR) is 146 cm³/mol. The van der Waals surface area contributed by atoms with E-state index >= 15 is 0 Å². The maximum Gasteiger partial charge on any atom is 0.259 e. The number of primary amides is 1. The monoisotopic (exact) mass is 490 g/mol. The topological polar surface area (TPSA) is 74.6 Å². The van der Waals surface area contributed by atoms with Crippen molar-refractivity contribution in [1.29, 1.82) is 0 Å². The Morgan fingerprint density at radius 3 is 2.71 bits per heavy atom. The molecule has 0 bridgehead atoms. The van der Waals surface area contributed by atoms with E-state index in [-0.39, 0.29) is 11.8 Å². The van der Waals surface area contributed by atoms with Crippen molar-refractivity contribution in [3.63, 3.8) is 0 Å². The summed E-state index contributed by atoms with van der Waals surface area (Å²) in [7, 11) is 2.17. The zero-order chi connectivity index (χ0) is 24.4. The van der Waals surface area contributed by atoms with Crippen LogP contribution < -0.4 is 10.6 Å². The van der Waals surface area contributed by atoms with Gasteiger partial charge in [0.25, 0.3) is 5.91 Å². The third-order valence-corrected chi connectivity index (χ3v) is 8.35. The summed E-state index contributed by atoms with van der Waals surface area (Å²) in [5.41, 5.74) is 10.6. The van der Waals surface area contributed by atoms with Gasteiger partial charge in [-0.1, -0.05) is 24.3 Å². The van der Waals surface area contributed by atoms with Crippen molar-refractivity contribution in [3.8, 4) is 0 Å². The quantitative estimate of drug-likeness (QED) is 0.324. The minimum Gasteiger partial charge on any atom is -0.382 e. The van der Waals surface area contributed by atoms with Crippen LogP contribution >= 0.6 is 11.3 Å². The summed E-state index contributed by atoms with van der Waals surface area (Å²) in [4.78, 5) is 21.5. The molecule has 5 rings (SSSR count). The molecule has 0 saturated carbocycles. The van der Waals surface area contributed by atoms with Gasteiger partial charge in [0.1, 0.15) is 0 Å². The fourth-order valence-electron chi connectivity index (χ4n) is 5.24. The summed E-state index contributed by atoms with van der Waals surface area (Å²) in [5, 5.41) is 2.37. The Kier molecular flexibility index (Phi) is 7.09. The summed E-state index contributed by atoms with van der Waals surface area (Å²) in [6, 6.07) is 15.0. The third kappa shape index (κ3) is 4.94. The number of nitrogens with two attached hydrogens (primary N) is 1. The lowest BCUT2D eigenvalue weighted by Crippen LogP contribution is -2.44. The number of hydrogen-bond acceptors (Lipinski definition) is 5. The number of carbonyl (C=O) groups excluding carboxylic acids is 1. The molecule has 6 nitrogen and oxygen atoms in total. The van der Waals surface area contributed by atoms with Gasteiger partial charge in [0.2, 0.25) is 0 Å². The molecule has 1 saturated heterocycles. The summed E-state index contributed by atoms with van der Waals surface area (Å²) in [6.45, 7) is 7.50. The van der Waals surface area contributed by atoms with E-state index < -0.39 is 0 Å². The van der Waals surface area contributed by atoms with Crippen LogP contribution in [0.3, 0.4) is 0 Å². The molecule has 0 radical (unpaired) electrons. The summed E-state index contributed by atoms with van der Waals surface area (Å²) in [5.74, 6) is -0.214. The van der Waals surface area contributed by atoms with E-state index in [2.05, 4.69) is 64.4 Å². The van der Waals surface area contributed by atoms with Gasteiger partial charge in [-0.3, -0.25) is 4.79 Å². The van der Waals surface area contributed by atoms with Crippen LogP contribution in [0.4, 0.5) is 5.69 Å². The number of fused-ring (bicyclic) bond motifs is 2. The number of ether oxygens (including phenoxy) is 1. The van der Waals surface area contributed by atoms with Gasteiger partial charge in [-0.15, -0.1) is 11.3 Å². The molecule has 2 aromatic carbocycles. The number of nitrogens with zero attached hydrogens (tertiary/aromatic N) is 2.